The minimum atomic E-state index is 0.0561. The Kier molecular flexibility index (Phi) is 5.08. The Morgan fingerprint density at radius 1 is 1.14 bits per heavy atom. The summed E-state index contributed by atoms with van der Waals surface area (Å²) in [7, 11) is 0. The van der Waals surface area contributed by atoms with Gasteiger partial charge in [0.25, 0.3) is 11.7 Å². The van der Waals surface area contributed by atoms with Gasteiger partial charge in [-0.05, 0) is 37.3 Å². The fourth-order valence-electron chi connectivity index (χ4n) is 3.62. The van der Waals surface area contributed by atoms with Crippen LogP contribution < -0.4 is 0 Å². The number of aromatic nitrogens is 4. The van der Waals surface area contributed by atoms with Crippen LogP contribution in [0.2, 0.25) is 0 Å². The van der Waals surface area contributed by atoms with Crippen molar-refractivity contribution < 1.29 is 9.59 Å². The first-order chi connectivity index (χ1) is 13.5. The summed E-state index contributed by atoms with van der Waals surface area (Å²) in [6.45, 7) is 6.23. The van der Waals surface area contributed by atoms with Crippen molar-refractivity contribution in [2.75, 3.05) is 26.2 Å². The molecule has 3 aromatic rings. The van der Waals surface area contributed by atoms with Gasteiger partial charge in [0.2, 0.25) is 5.91 Å². The number of nitrogens with zero attached hydrogens (tertiary/aromatic N) is 6. The number of carbonyl (C=O) groups excluding carboxylic acids is 2. The van der Waals surface area contributed by atoms with Gasteiger partial charge < -0.3 is 9.80 Å². The van der Waals surface area contributed by atoms with E-state index in [1.54, 1.807) is 4.52 Å². The molecule has 1 aliphatic heterocycles. The van der Waals surface area contributed by atoms with E-state index in [0.717, 1.165) is 21.8 Å². The number of piperazine rings is 1. The lowest BCUT2D eigenvalue weighted by atomic mass is 10.1. The number of amides is 2. The molecule has 0 unspecified atom stereocenters. The fourth-order valence-corrected chi connectivity index (χ4v) is 4.31. The Hall–Kier alpha value is -2.81. The highest BCUT2D eigenvalue weighted by Crippen LogP contribution is 2.17. The van der Waals surface area contributed by atoms with Crippen LogP contribution in [0.5, 0.6) is 0 Å². The van der Waals surface area contributed by atoms with Gasteiger partial charge in [-0.25, -0.2) is 9.50 Å². The first-order valence-corrected chi connectivity index (χ1v) is 10.2. The molecule has 0 saturated carbocycles. The molecule has 9 heteroatoms. The van der Waals surface area contributed by atoms with Crippen LogP contribution in [0.15, 0.2) is 23.8 Å². The third kappa shape index (κ3) is 3.49. The van der Waals surface area contributed by atoms with E-state index in [-0.39, 0.29) is 11.8 Å². The molecule has 0 radical (unpaired) electrons. The Labute approximate surface area is 166 Å². The van der Waals surface area contributed by atoms with Crippen molar-refractivity contribution in [2.45, 2.75) is 26.7 Å². The predicted molar refractivity (Wildman–Crippen MR) is 105 cm³/mol. The van der Waals surface area contributed by atoms with Crippen LogP contribution in [0.3, 0.4) is 0 Å². The molecule has 1 saturated heterocycles. The van der Waals surface area contributed by atoms with Crippen LogP contribution in [-0.4, -0.2) is 67.4 Å². The molecule has 4 rings (SSSR count). The SMILES string of the molecule is Cc1nc2ncnn2c(C)c1CCC(=O)N1CCN(C(=O)c2cccs2)CC1. The molecule has 0 N–H and O–H groups in total. The molecular formula is C19H22N6O2S. The van der Waals surface area contributed by atoms with Crippen LogP contribution in [-0.2, 0) is 11.2 Å². The topological polar surface area (TPSA) is 83.7 Å². The number of hydrogen-bond acceptors (Lipinski definition) is 6. The summed E-state index contributed by atoms with van der Waals surface area (Å²) >= 11 is 1.45. The van der Waals surface area contributed by atoms with E-state index in [0.29, 0.717) is 44.8 Å². The zero-order valence-corrected chi connectivity index (χ0v) is 16.8. The molecule has 146 valence electrons. The Morgan fingerprint density at radius 2 is 1.89 bits per heavy atom. The fraction of sp³-hybridized carbons (Fsp3) is 0.421. The highest BCUT2D eigenvalue weighted by atomic mass is 32.1. The molecule has 1 aliphatic rings. The molecule has 8 nitrogen and oxygen atoms in total. The summed E-state index contributed by atoms with van der Waals surface area (Å²) in [6.07, 6.45) is 2.52. The monoisotopic (exact) mass is 398 g/mol. The maximum absolute atomic E-state index is 12.7. The summed E-state index contributed by atoms with van der Waals surface area (Å²) in [5.41, 5.74) is 2.90. The van der Waals surface area contributed by atoms with Crippen molar-refractivity contribution in [1.29, 1.82) is 0 Å². The van der Waals surface area contributed by atoms with E-state index < -0.39 is 0 Å². The Balaban J connectivity index is 1.35. The Morgan fingerprint density at radius 3 is 2.61 bits per heavy atom. The molecule has 4 heterocycles. The lowest BCUT2D eigenvalue weighted by Gasteiger charge is -2.34. The van der Waals surface area contributed by atoms with Gasteiger partial charge in [-0.2, -0.15) is 10.1 Å². The smallest absolute Gasteiger partial charge is 0.264 e. The number of rotatable bonds is 4. The van der Waals surface area contributed by atoms with Gasteiger partial charge in [0.1, 0.15) is 6.33 Å². The van der Waals surface area contributed by atoms with Crippen LogP contribution >= 0.6 is 11.3 Å². The van der Waals surface area contributed by atoms with E-state index in [2.05, 4.69) is 15.1 Å². The average Bonchev–Trinajstić information content (AvgIpc) is 3.39. The summed E-state index contributed by atoms with van der Waals surface area (Å²) in [5.74, 6) is 0.748. The van der Waals surface area contributed by atoms with Gasteiger partial charge in [-0.15, -0.1) is 11.3 Å². The molecule has 0 aromatic carbocycles. The molecule has 1 fully saturated rings. The van der Waals surface area contributed by atoms with E-state index in [4.69, 9.17) is 0 Å². The van der Waals surface area contributed by atoms with Crippen molar-refractivity contribution in [3.63, 3.8) is 0 Å². The molecule has 0 spiro atoms. The predicted octanol–water partition coefficient (Wildman–Crippen LogP) is 1.72. The van der Waals surface area contributed by atoms with Gasteiger partial charge >= 0.3 is 0 Å². The second kappa shape index (κ2) is 7.67. The van der Waals surface area contributed by atoms with Gasteiger partial charge in [0.15, 0.2) is 0 Å². The summed E-state index contributed by atoms with van der Waals surface area (Å²) < 4.78 is 1.71. The van der Waals surface area contributed by atoms with Gasteiger partial charge in [-0.3, -0.25) is 9.59 Å². The van der Waals surface area contributed by atoms with Gasteiger partial charge in [0, 0.05) is 44.0 Å². The third-order valence-electron chi connectivity index (χ3n) is 5.23. The minimum absolute atomic E-state index is 0.0561. The number of aryl methyl sites for hydroxylation is 2. The minimum Gasteiger partial charge on any atom is -0.339 e. The zero-order chi connectivity index (χ0) is 19.7. The van der Waals surface area contributed by atoms with E-state index >= 15 is 0 Å². The normalized spacial score (nSPS) is 14.6. The van der Waals surface area contributed by atoms with Crippen LogP contribution in [0.25, 0.3) is 5.78 Å². The average molecular weight is 398 g/mol. The maximum atomic E-state index is 12.7. The quantitative estimate of drug-likeness (QED) is 0.668. The van der Waals surface area contributed by atoms with E-state index in [9.17, 15) is 9.59 Å². The van der Waals surface area contributed by atoms with Gasteiger partial charge in [0.05, 0.1) is 4.88 Å². The standard InChI is InChI=1S/C19H22N6O2S/c1-13-15(14(2)25-19(22-13)20-12-21-25)5-6-17(26)23-7-9-24(10-8-23)18(27)16-4-3-11-28-16/h3-4,11-12H,5-10H2,1-2H3. The molecule has 0 aliphatic carbocycles. The molecule has 2 amide bonds. The summed E-state index contributed by atoms with van der Waals surface area (Å²) in [6, 6.07) is 3.72. The highest BCUT2D eigenvalue weighted by Gasteiger charge is 2.25. The lowest BCUT2D eigenvalue weighted by Crippen LogP contribution is -2.50. The molecule has 28 heavy (non-hydrogen) atoms. The van der Waals surface area contributed by atoms with E-state index in [1.807, 2.05) is 41.2 Å². The zero-order valence-electron chi connectivity index (χ0n) is 16.0. The van der Waals surface area contributed by atoms with E-state index in [1.165, 1.54) is 17.7 Å². The first-order valence-electron chi connectivity index (χ1n) is 9.31. The van der Waals surface area contributed by atoms with Crippen LogP contribution in [0.1, 0.15) is 33.0 Å². The molecule has 0 bridgehead atoms. The van der Waals surface area contributed by atoms with Crippen molar-refractivity contribution in [2.24, 2.45) is 0 Å². The number of hydrogen-bond donors (Lipinski definition) is 0. The number of fused-ring (bicyclic) bond motifs is 1. The number of carbonyl (C=O) groups is 2. The molecule has 3 aromatic heterocycles. The largest absolute Gasteiger partial charge is 0.339 e. The van der Waals surface area contributed by atoms with Gasteiger partial charge in [-0.1, -0.05) is 6.07 Å². The van der Waals surface area contributed by atoms with Crippen molar-refractivity contribution in [3.05, 3.63) is 45.7 Å². The summed E-state index contributed by atoms with van der Waals surface area (Å²) in [4.78, 5) is 38.1. The second-order valence-corrected chi connectivity index (χ2v) is 7.83. The molecular weight excluding hydrogens is 376 g/mol. The Bertz CT molecular complexity index is 1010. The lowest BCUT2D eigenvalue weighted by molar-refractivity contribution is -0.132. The first kappa shape index (κ1) is 18.5. The molecule has 0 atom stereocenters. The maximum Gasteiger partial charge on any atom is 0.264 e. The highest BCUT2D eigenvalue weighted by molar-refractivity contribution is 7.12. The second-order valence-electron chi connectivity index (χ2n) is 6.88. The van der Waals surface area contributed by atoms with Crippen molar-refractivity contribution in [1.82, 2.24) is 29.4 Å². The van der Waals surface area contributed by atoms with Crippen molar-refractivity contribution in [3.8, 4) is 0 Å². The van der Waals surface area contributed by atoms with Crippen LogP contribution in [0, 0.1) is 13.8 Å². The third-order valence-corrected chi connectivity index (χ3v) is 6.09. The number of thiophene rings is 1. The van der Waals surface area contributed by atoms with Crippen molar-refractivity contribution >= 4 is 28.9 Å². The summed E-state index contributed by atoms with van der Waals surface area (Å²) in [5, 5.41) is 6.10. The van der Waals surface area contributed by atoms with Crippen LogP contribution in [0.4, 0.5) is 0 Å².